The summed E-state index contributed by atoms with van der Waals surface area (Å²) in [5, 5.41) is 5.00. The lowest BCUT2D eigenvalue weighted by atomic mass is 9.82. The first-order chi connectivity index (χ1) is 31.5. The van der Waals surface area contributed by atoms with Crippen molar-refractivity contribution in [2.75, 3.05) is 4.90 Å². The first-order valence-corrected chi connectivity index (χ1v) is 22.7. The Hall–Kier alpha value is -7.68. The molecule has 0 aliphatic heterocycles. The fourth-order valence-corrected chi connectivity index (χ4v) is 11.0. The maximum absolute atomic E-state index is 2.59. The van der Waals surface area contributed by atoms with Gasteiger partial charge in [0.15, 0.2) is 0 Å². The van der Waals surface area contributed by atoms with Gasteiger partial charge in [0.1, 0.15) is 0 Å². The summed E-state index contributed by atoms with van der Waals surface area (Å²) in [6.07, 6.45) is 7.85. The second-order valence-electron chi connectivity index (χ2n) is 18.1. The Bertz CT molecular complexity index is 3520. The van der Waals surface area contributed by atoms with Crippen LogP contribution in [0.5, 0.6) is 0 Å². The molecule has 10 aromatic rings. The molecule has 0 fully saturated rings. The highest BCUT2D eigenvalue weighted by atomic mass is 15.2. The van der Waals surface area contributed by atoms with E-state index in [1.165, 1.54) is 99.6 Å². The van der Waals surface area contributed by atoms with Crippen LogP contribution in [-0.4, -0.2) is 4.57 Å². The maximum Gasteiger partial charge on any atom is 0.0617 e. The molecule has 0 bridgehead atoms. The van der Waals surface area contributed by atoms with Crippen LogP contribution in [0.2, 0.25) is 0 Å². The van der Waals surface area contributed by atoms with E-state index in [2.05, 4.69) is 249 Å². The Morgan fingerprint density at radius 2 is 1.05 bits per heavy atom. The number of hydrogen-bond acceptors (Lipinski definition) is 1. The van der Waals surface area contributed by atoms with E-state index < -0.39 is 0 Å². The molecule has 2 nitrogen and oxygen atoms in total. The zero-order valence-corrected chi connectivity index (χ0v) is 36.5. The van der Waals surface area contributed by atoms with Crippen molar-refractivity contribution in [2.24, 2.45) is 5.92 Å². The van der Waals surface area contributed by atoms with Gasteiger partial charge in [0.05, 0.1) is 28.1 Å². The predicted molar refractivity (Wildman–Crippen MR) is 273 cm³/mol. The van der Waals surface area contributed by atoms with Gasteiger partial charge in [-0.25, -0.2) is 0 Å². The summed E-state index contributed by atoms with van der Waals surface area (Å²) in [4.78, 5) is 2.59. The summed E-state index contributed by atoms with van der Waals surface area (Å²) < 4.78 is 2.55. The van der Waals surface area contributed by atoms with Crippen LogP contribution in [0.3, 0.4) is 0 Å². The number of nitrogens with zero attached hydrogens (tertiary/aromatic N) is 2. The van der Waals surface area contributed by atoms with Gasteiger partial charge in [-0.15, -0.1) is 0 Å². The van der Waals surface area contributed by atoms with Gasteiger partial charge in [0.2, 0.25) is 0 Å². The molecule has 0 saturated carbocycles. The predicted octanol–water partition coefficient (Wildman–Crippen LogP) is 17.2. The molecule has 1 heterocycles. The Morgan fingerprint density at radius 1 is 0.484 bits per heavy atom. The van der Waals surface area contributed by atoms with Gasteiger partial charge in [-0.1, -0.05) is 209 Å². The molecule has 64 heavy (non-hydrogen) atoms. The highest BCUT2D eigenvalue weighted by Gasteiger charge is 2.38. The summed E-state index contributed by atoms with van der Waals surface area (Å²) in [6.45, 7) is 7.08. The number of benzene rings is 9. The first kappa shape index (κ1) is 38.0. The largest absolute Gasteiger partial charge is 0.312 e. The summed E-state index contributed by atoms with van der Waals surface area (Å²) in [5.41, 5.74) is 19.5. The minimum Gasteiger partial charge on any atom is -0.312 e. The molecule has 0 saturated heterocycles. The van der Waals surface area contributed by atoms with Crippen LogP contribution in [0.25, 0.3) is 82.8 Å². The minimum absolute atomic E-state index is 0.168. The van der Waals surface area contributed by atoms with Crippen molar-refractivity contribution in [2.45, 2.75) is 32.6 Å². The summed E-state index contributed by atoms with van der Waals surface area (Å²) in [6, 6.07) is 74.4. The van der Waals surface area contributed by atoms with Crippen molar-refractivity contribution in [3.05, 3.63) is 230 Å². The number of fused-ring (bicyclic) bond motifs is 7. The molecule has 1 atom stereocenters. The Kier molecular flexibility index (Phi) is 8.91. The van der Waals surface area contributed by atoms with Crippen LogP contribution in [0.1, 0.15) is 38.3 Å². The van der Waals surface area contributed by atoms with Crippen LogP contribution < -0.4 is 4.90 Å². The van der Waals surface area contributed by atoms with Crippen molar-refractivity contribution >= 4 is 55.3 Å². The molecule has 2 aliphatic carbocycles. The van der Waals surface area contributed by atoms with Crippen molar-refractivity contribution in [1.29, 1.82) is 0 Å². The highest BCUT2D eigenvalue weighted by Crippen LogP contribution is 2.56. The quantitative estimate of drug-likeness (QED) is 0.155. The molecule has 306 valence electrons. The van der Waals surface area contributed by atoms with Gasteiger partial charge in [-0.3, -0.25) is 0 Å². The number of rotatable bonds is 7. The van der Waals surface area contributed by atoms with Crippen LogP contribution in [-0.2, 0) is 5.41 Å². The lowest BCUT2D eigenvalue weighted by molar-refractivity contribution is 0.660. The number of para-hydroxylation sites is 4. The topological polar surface area (TPSA) is 8.17 Å². The second-order valence-corrected chi connectivity index (χ2v) is 18.1. The SMILES string of the molecule is CC1C=CC=C(n2c3ccccc3c3cccc(-c4ccccc4N(c4ccccc4-c4cccc5cccc(-c6ccccc6)c45)c4cccc5c4-c4ccccc4C5(C)C)c32)C1. The molecule has 2 heteroatoms. The van der Waals surface area contributed by atoms with Crippen LogP contribution in [0, 0.1) is 5.92 Å². The fourth-order valence-electron chi connectivity index (χ4n) is 11.0. The van der Waals surface area contributed by atoms with Crippen LogP contribution in [0.15, 0.2) is 218 Å². The molecule has 1 aromatic heterocycles. The lowest BCUT2D eigenvalue weighted by Crippen LogP contribution is -2.16. The van der Waals surface area contributed by atoms with Gasteiger partial charge in [-0.2, -0.15) is 0 Å². The van der Waals surface area contributed by atoms with E-state index in [4.69, 9.17) is 0 Å². The van der Waals surface area contributed by atoms with Gasteiger partial charge >= 0.3 is 0 Å². The molecule has 2 aliphatic rings. The van der Waals surface area contributed by atoms with Crippen molar-refractivity contribution in [3.8, 4) is 44.5 Å². The van der Waals surface area contributed by atoms with E-state index >= 15 is 0 Å². The van der Waals surface area contributed by atoms with Gasteiger partial charge < -0.3 is 9.47 Å². The Morgan fingerprint density at radius 3 is 1.83 bits per heavy atom. The third-order valence-electron chi connectivity index (χ3n) is 13.9. The van der Waals surface area contributed by atoms with Crippen molar-refractivity contribution in [3.63, 3.8) is 0 Å². The summed E-state index contributed by atoms with van der Waals surface area (Å²) in [5.74, 6) is 0.450. The molecule has 1 unspecified atom stereocenters. The Labute approximate surface area is 375 Å². The molecule has 0 amide bonds. The molecule has 0 N–H and O–H groups in total. The standard InChI is InChI=1S/C62H48N2/c1-41-20-15-25-44(40-41)63-55-36-12-9-27-47(55)50-32-18-33-51(61(50)63)48-28-10-14-38-57(48)64(58-39-19-35-54-60(58)52-29-7-11-34-53(52)62(54,2)3)56-37-13-8-26-46(56)49-31-17-24-43-23-16-30-45(59(43)49)42-21-5-4-6-22-42/h4-39,41H,40H2,1-3H3. The Balaban J connectivity index is 1.18. The highest BCUT2D eigenvalue weighted by molar-refractivity contribution is 6.16. The van der Waals surface area contributed by atoms with Crippen LogP contribution >= 0.6 is 0 Å². The maximum atomic E-state index is 2.59. The smallest absolute Gasteiger partial charge is 0.0617 e. The summed E-state index contributed by atoms with van der Waals surface area (Å²) in [7, 11) is 0. The van der Waals surface area contributed by atoms with Crippen molar-refractivity contribution in [1.82, 2.24) is 4.57 Å². The molecule has 0 spiro atoms. The van der Waals surface area contributed by atoms with Gasteiger partial charge in [0, 0.05) is 44.1 Å². The summed E-state index contributed by atoms with van der Waals surface area (Å²) >= 11 is 0. The third kappa shape index (κ3) is 5.86. The van der Waals surface area contributed by atoms with E-state index in [9.17, 15) is 0 Å². The second kappa shape index (κ2) is 15.0. The molecule has 0 radical (unpaired) electrons. The average Bonchev–Trinajstić information content (AvgIpc) is 3.81. The van der Waals surface area contributed by atoms with Crippen molar-refractivity contribution < 1.29 is 0 Å². The van der Waals surface area contributed by atoms with Gasteiger partial charge in [0.25, 0.3) is 0 Å². The monoisotopic (exact) mass is 820 g/mol. The minimum atomic E-state index is -0.168. The normalized spacial score (nSPS) is 15.0. The fraction of sp³-hybridized carbons (Fsp3) is 0.0968. The third-order valence-corrected chi connectivity index (χ3v) is 13.9. The van der Waals surface area contributed by atoms with E-state index in [1.807, 2.05) is 0 Å². The lowest BCUT2D eigenvalue weighted by Gasteiger charge is -2.32. The van der Waals surface area contributed by atoms with E-state index in [-0.39, 0.29) is 5.41 Å². The zero-order valence-electron chi connectivity index (χ0n) is 36.5. The van der Waals surface area contributed by atoms with Gasteiger partial charge in [-0.05, 0) is 86.8 Å². The van der Waals surface area contributed by atoms with E-state index in [1.54, 1.807) is 0 Å². The number of hydrogen-bond donors (Lipinski definition) is 0. The molecular formula is C62H48N2. The first-order valence-electron chi connectivity index (χ1n) is 22.7. The van der Waals surface area contributed by atoms with E-state index in [0.29, 0.717) is 5.92 Å². The molecule has 12 rings (SSSR count). The number of aromatic nitrogens is 1. The molecule has 9 aromatic carbocycles. The van der Waals surface area contributed by atoms with E-state index in [0.717, 1.165) is 17.8 Å². The zero-order chi connectivity index (χ0) is 42.9. The molecular weight excluding hydrogens is 773 g/mol. The number of anilines is 3. The van der Waals surface area contributed by atoms with Crippen LogP contribution in [0.4, 0.5) is 17.1 Å². The average molecular weight is 821 g/mol. The number of allylic oxidation sites excluding steroid dienone is 4.